The zero-order valence-electron chi connectivity index (χ0n) is 11.0. The molecule has 1 aromatic heterocycles. The molecule has 2 rings (SSSR count). The minimum absolute atomic E-state index is 0.129. The normalized spacial score (nSPS) is 25.1. The summed E-state index contributed by atoms with van der Waals surface area (Å²) in [6, 6.07) is 0.522. The molecule has 2 unspecified atom stereocenters. The molecule has 0 spiro atoms. The highest BCUT2D eigenvalue weighted by Gasteiger charge is 2.27. The van der Waals surface area contributed by atoms with Crippen molar-refractivity contribution in [1.29, 1.82) is 0 Å². The first-order valence-electron chi connectivity index (χ1n) is 6.25. The molecule has 0 aromatic carbocycles. The number of hydrogen-bond donors (Lipinski definition) is 0. The summed E-state index contributed by atoms with van der Waals surface area (Å²) in [5, 5.41) is 1.02. The lowest BCUT2D eigenvalue weighted by molar-refractivity contribution is 0.102. The standard InChI is InChI=1S/C13H20N2OS/c1-8-6-5-7-15(10(8)3)13-14-9(2)12(17-13)11(4)16/h8,10H,5-7H2,1-4H3. The van der Waals surface area contributed by atoms with Gasteiger partial charge < -0.3 is 4.90 Å². The van der Waals surface area contributed by atoms with E-state index in [4.69, 9.17) is 0 Å². The number of ketones is 1. The van der Waals surface area contributed by atoms with Crippen LogP contribution in [0.25, 0.3) is 0 Å². The van der Waals surface area contributed by atoms with E-state index in [0.29, 0.717) is 12.0 Å². The molecule has 0 amide bonds. The van der Waals surface area contributed by atoms with Crippen LogP contribution >= 0.6 is 11.3 Å². The molecule has 94 valence electrons. The monoisotopic (exact) mass is 252 g/mol. The van der Waals surface area contributed by atoms with Crippen molar-refractivity contribution in [2.24, 2.45) is 5.92 Å². The molecule has 0 radical (unpaired) electrons. The summed E-state index contributed by atoms with van der Waals surface area (Å²) in [5.74, 6) is 0.831. The third-order valence-electron chi connectivity index (χ3n) is 3.72. The first-order valence-corrected chi connectivity index (χ1v) is 7.07. The second kappa shape index (κ2) is 4.77. The number of aryl methyl sites for hydroxylation is 1. The van der Waals surface area contributed by atoms with E-state index in [-0.39, 0.29) is 5.78 Å². The van der Waals surface area contributed by atoms with Crippen molar-refractivity contribution < 1.29 is 4.79 Å². The minimum Gasteiger partial charge on any atom is -0.345 e. The highest BCUT2D eigenvalue weighted by atomic mass is 32.1. The average Bonchev–Trinajstić information content (AvgIpc) is 2.64. The van der Waals surface area contributed by atoms with Crippen molar-refractivity contribution in [3.05, 3.63) is 10.6 Å². The SMILES string of the molecule is CC(=O)c1sc(N2CCCC(C)C2C)nc1C. The van der Waals surface area contributed by atoms with E-state index >= 15 is 0 Å². The summed E-state index contributed by atoms with van der Waals surface area (Å²) in [7, 11) is 0. The molecule has 1 aliphatic heterocycles. The van der Waals surface area contributed by atoms with Gasteiger partial charge in [0.1, 0.15) is 0 Å². The van der Waals surface area contributed by atoms with Gasteiger partial charge in [-0.25, -0.2) is 4.98 Å². The summed E-state index contributed by atoms with van der Waals surface area (Å²) in [5.41, 5.74) is 0.878. The quantitative estimate of drug-likeness (QED) is 0.757. The predicted octanol–water partition coefficient (Wildman–Crippen LogP) is 3.28. The Morgan fingerprint density at radius 3 is 2.76 bits per heavy atom. The van der Waals surface area contributed by atoms with Crippen LogP contribution in [0, 0.1) is 12.8 Å². The van der Waals surface area contributed by atoms with Gasteiger partial charge >= 0.3 is 0 Å². The van der Waals surface area contributed by atoms with Gasteiger partial charge in [0.25, 0.3) is 0 Å². The zero-order valence-corrected chi connectivity index (χ0v) is 11.8. The van der Waals surface area contributed by atoms with Gasteiger partial charge in [0, 0.05) is 19.5 Å². The lowest BCUT2D eigenvalue weighted by atomic mass is 9.93. The maximum absolute atomic E-state index is 11.5. The van der Waals surface area contributed by atoms with Crippen LogP contribution in [0.15, 0.2) is 0 Å². The second-order valence-corrected chi connectivity index (χ2v) is 6.00. The molecular weight excluding hydrogens is 232 g/mol. The van der Waals surface area contributed by atoms with Crippen LogP contribution in [0.4, 0.5) is 5.13 Å². The maximum atomic E-state index is 11.5. The molecule has 1 fully saturated rings. The Morgan fingerprint density at radius 1 is 1.47 bits per heavy atom. The number of hydrogen-bond acceptors (Lipinski definition) is 4. The predicted molar refractivity (Wildman–Crippen MR) is 72.1 cm³/mol. The number of Topliss-reactive ketones (excluding diaryl/α,β-unsaturated/α-hetero) is 1. The molecule has 1 saturated heterocycles. The third kappa shape index (κ3) is 2.37. The van der Waals surface area contributed by atoms with Crippen molar-refractivity contribution in [3.8, 4) is 0 Å². The molecule has 4 heteroatoms. The molecule has 17 heavy (non-hydrogen) atoms. The van der Waals surface area contributed by atoms with E-state index < -0.39 is 0 Å². The molecule has 1 aliphatic rings. The summed E-state index contributed by atoms with van der Waals surface area (Å²) in [6.45, 7) is 9.16. The lowest BCUT2D eigenvalue weighted by Crippen LogP contribution is -2.42. The van der Waals surface area contributed by atoms with Gasteiger partial charge in [-0.1, -0.05) is 18.3 Å². The van der Waals surface area contributed by atoms with Gasteiger partial charge in [0.15, 0.2) is 10.9 Å². The minimum atomic E-state index is 0.129. The van der Waals surface area contributed by atoms with Crippen LogP contribution in [-0.4, -0.2) is 23.4 Å². The van der Waals surface area contributed by atoms with E-state index in [2.05, 4.69) is 23.7 Å². The van der Waals surface area contributed by atoms with E-state index in [9.17, 15) is 4.79 Å². The number of nitrogens with zero attached hydrogens (tertiary/aromatic N) is 2. The summed E-state index contributed by atoms with van der Waals surface area (Å²) in [6.07, 6.45) is 2.52. The zero-order chi connectivity index (χ0) is 12.6. The van der Waals surface area contributed by atoms with Crippen molar-refractivity contribution >= 4 is 22.3 Å². The molecule has 0 bridgehead atoms. The molecule has 3 nitrogen and oxygen atoms in total. The van der Waals surface area contributed by atoms with Crippen LogP contribution in [0.2, 0.25) is 0 Å². The second-order valence-electron chi connectivity index (χ2n) is 5.02. The van der Waals surface area contributed by atoms with Gasteiger partial charge in [-0.15, -0.1) is 0 Å². The van der Waals surface area contributed by atoms with Gasteiger partial charge in [-0.05, 0) is 32.6 Å². The number of thiazole rings is 1. The molecular formula is C13H20N2OS. The van der Waals surface area contributed by atoms with E-state index in [1.165, 1.54) is 12.8 Å². The van der Waals surface area contributed by atoms with Crippen LogP contribution in [0.1, 0.15) is 49.0 Å². The number of anilines is 1. The summed E-state index contributed by atoms with van der Waals surface area (Å²) >= 11 is 1.55. The Hall–Kier alpha value is -0.900. The fourth-order valence-corrected chi connectivity index (χ4v) is 3.51. The summed E-state index contributed by atoms with van der Waals surface area (Å²) < 4.78 is 0. The topological polar surface area (TPSA) is 33.2 Å². The van der Waals surface area contributed by atoms with E-state index in [1.807, 2.05) is 6.92 Å². The fourth-order valence-electron chi connectivity index (χ4n) is 2.44. The van der Waals surface area contributed by atoms with Crippen molar-refractivity contribution in [3.63, 3.8) is 0 Å². The highest BCUT2D eigenvalue weighted by molar-refractivity contribution is 7.17. The Bertz CT molecular complexity index is 427. The van der Waals surface area contributed by atoms with Crippen LogP contribution < -0.4 is 4.90 Å². The molecule has 2 atom stereocenters. The third-order valence-corrected chi connectivity index (χ3v) is 5.02. The highest BCUT2D eigenvalue weighted by Crippen LogP contribution is 2.33. The van der Waals surface area contributed by atoms with Gasteiger partial charge in [-0.2, -0.15) is 0 Å². The van der Waals surface area contributed by atoms with Crippen LogP contribution in [0.3, 0.4) is 0 Å². The van der Waals surface area contributed by atoms with Crippen LogP contribution in [0.5, 0.6) is 0 Å². The lowest BCUT2D eigenvalue weighted by Gasteiger charge is -2.37. The molecule has 1 aromatic rings. The Morgan fingerprint density at radius 2 is 2.18 bits per heavy atom. The first-order chi connectivity index (χ1) is 8.00. The number of carbonyl (C=O) groups is 1. The van der Waals surface area contributed by atoms with Gasteiger partial charge in [0.2, 0.25) is 0 Å². The first kappa shape index (κ1) is 12.6. The van der Waals surface area contributed by atoms with Gasteiger partial charge in [-0.3, -0.25) is 4.79 Å². The van der Waals surface area contributed by atoms with E-state index in [1.54, 1.807) is 18.3 Å². The average molecular weight is 252 g/mol. The Labute approximate surface area is 107 Å². The molecule has 0 aliphatic carbocycles. The summed E-state index contributed by atoms with van der Waals surface area (Å²) in [4.78, 5) is 19.2. The molecule has 0 N–H and O–H groups in total. The number of aromatic nitrogens is 1. The molecule has 0 saturated carbocycles. The Kier molecular flexibility index (Phi) is 3.52. The Balaban J connectivity index is 2.27. The van der Waals surface area contributed by atoms with Crippen molar-refractivity contribution in [2.75, 3.05) is 11.4 Å². The van der Waals surface area contributed by atoms with Crippen LogP contribution in [-0.2, 0) is 0 Å². The van der Waals surface area contributed by atoms with Gasteiger partial charge in [0.05, 0.1) is 10.6 Å². The molecule has 2 heterocycles. The van der Waals surface area contributed by atoms with Crippen molar-refractivity contribution in [2.45, 2.75) is 46.6 Å². The number of carbonyl (C=O) groups excluding carboxylic acids is 1. The number of rotatable bonds is 2. The van der Waals surface area contributed by atoms with Crippen molar-refractivity contribution in [1.82, 2.24) is 4.98 Å². The number of piperidine rings is 1. The maximum Gasteiger partial charge on any atom is 0.186 e. The van der Waals surface area contributed by atoms with E-state index in [0.717, 1.165) is 22.2 Å². The smallest absolute Gasteiger partial charge is 0.186 e. The fraction of sp³-hybridized carbons (Fsp3) is 0.692. The largest absolute Gasteiger partial charge is 0.345 e.